The largest absolute Gasteiger partial charge is 0.481 e. The molecule has 0 unspecified atom stereocenters. The summed E-state index contributed by atoms with van der Waals surface area (Å²) in [5, 5.41) is 16.8. The Morgan fingerprint density at radius 1 is 0.400 bits per heavy atom. The Morgan fingerprint density at radius 2 is 0.600 bits per heavy atom. The fourth-order valence-electron chi connectivity index (χ4n) is 2.92. The third-order valence-corrected chi connectivity index (χ3v) is 4.63. The summed E-state index contributed by atoms with van der Waals surface area (Å²) in [5.41, 5.74) is 10.00. The summed E-state index contributed by atoms with van der Waals surface area (Å²) in [6, 6.07) is 0. The van der Waals surface area contributed by atoms with Crippen LogP contribution in [0.2, 0.25) is 0 Å². The van der Waals surface area contributed by atoms with Gasteiger partial charge >= 0.3 is 11.9 Å². The molecule has 0 atom stereocenters. The smallest absolute Gasteiger partial charge is 0.303 e. The van der Waals surface area contributed by atoms with E-state index in [0.29, 0.717) is 12.8 Å². The first-order chi connectivity index (χ1) is 14.3. The molecular formula is C22H42N2O6. The lowest BCUT2D eigenvalue weighted by Crippen LogP contribution is -2.09. The third-order valence-electron chi connectivity index (χ3n) is 4.63. The van der Waals surface area contributed by atoms with E-state index in [0.717, 1.165) is 89.9 Å². The van der Waals surface area contributed by atoms with Crippen LogP contribution in [0.25, 0.3) is 0 Å². The Balaban J connectivity index is 0. The van der Waals surface area contributed by atoms with Gasteiger partial charge in [-0.15, -0.1) is 0 Å². The standard InChI is InChI=1S/C12H22O4.C10H20N2O2/c13-11(14)9-7-5-3-1-2-4-6-8-10-12(15)16;11-9(13)7-5-3-1-2-4-6-8-10(12)14/h1-10H2,(H,13,14)(H,15,16);1-8H2,(H2,11,13)(H2,12,14). The normalized spacial score (nSPS) is 10.1. The second kappa shape index (κ2) is 23.2. The van der Waals surface area contributed by atoms with Crippen LogP contribution in [0.4, 0.5) is 0 Å². The number of hydrogen-bond acceptors (Lipinski definition) is 4. The molecule has 0 rings (SSSR count). The number of aliphatic carboxylic acids is 2. The van der Waals surface area contributed by atoms with Gasteiger partial charge in [0.25, 0.3) is 0 Å². The number of carbonyl (C=O) groups excluding carboxylic acids is 2. The molecule has 6 N–H and O–H groups in total. The summed E-state index contributed by atoms with van der Waals surface area (Å²) in [6.45, 7) is 0. The monoisotopic (exact) mass is 430 g/mol. The van der Waals surface area contributed by atoms with Crippen molar-refractivity contribution >= 4 is 23.8 Å². The second-order valence-corrected chi connectivity index (χ2v) is 7.67. The first kappa shape index (κ1) is 30.1. The summed E-state index contributed by atoms with van der Waals surface area (Å²) in [5.74, 6) is -1.88. The number of nitrogens with two attached hydrogens (primary N) is 2. The van der Waals surface area contributed by atoms with E-state index in [1.807, 2.05) is 0 Å². The first-order valence-corrected chi connectivity index (χ1v) is 11.3. The van der Waals surface area contributed by atoms with E-state index in [1.165, 1.54) is 0 Å². The summed E-state index contributed by atoms with van der Waals surface area (Å²) < 4.78 is 0. The predicted octanol–water partition coefficient (Wildman–Crippen LogP) is 4.13. The fraction of sp³-hybridized carbons (Fsp3) is 0.818. The molecule has 0 aliphatic carbocycles. The quantitative estimate of drug-likeness (QED) is 0.212. The Hall–Kier alpha value is -2.12. The van der Waals surface area contributed by atoms with E-state index in [-0.39, 0.29) is 24.7 Å². The lowest BCUT2D eigenvalue weighted by atomic mass is 10.1. The van der Waals surface area contributed by atoms with Gasteiger partial charge in [0.15, 0.2) is 0 Å². The van der Waals surface area contributed by atoms with Crippen molar-refractivity contribution in [3.8, 4) is 0 Å². The van der Waals surface area contributed by atoms with E-state index in [9.17, 15) is 19.2 Å². The first-order valence-electron chi connectivity index (χ1n) is 11.3. The zero-order valence-corrected chi connectivity index (χ0v) is 18.4. The van der Waals surface area contributed by atoms with Crippen molar-refractivity contribution in [3.05, 3.63) is 0 Å². The molecule has 0 saturated carbocycles. The molecule has 0 saturated heterocycles. The van der Waals surface area contributed by atoms with E-state index < -0.39 is 11.9 Å². The highest BCUT2D eigenvalue weighted by molar-refractivity contribution is 5.73. The van der Waals surface area contributed by atoms with Gasteiger partial charge in [0, 0.05) is 25.7 Å². The molecule has 8 nitrogen and oxygen atoms in total. The van der Waals surface area contributed by atoms with Crippen molar-refractivity contribution in [1.82, 2.24) is 0 Å². The van der Waals surface area contributed by atoms with Gasteiger partial charge in [0.05, 0.1) is 0 Å². The molecule has 0 spiro atoms. The minimum absolute atomic E-state index is 0.223. The highest BCUT2D eigenvalue weighted by Gasteiger charge is 1.98. The maximum Gasteiger partial charge on any atom is 0.303 e. The highest BCUT2D eigenvalue weighted by Crippen LogP contribution is 2.10. The van der Waals surface area contributed by atoms with E-state index >= 15 is 0 Å². The van der Waals surface area contributed by atoms with Crippen molar-refractivity contribution < 1.29 is 29.4 Å². The van der Waals surface area contributed by atoms with Crippen LogP contribution in [0.5, 0.6) is 0 Å². The molecule has 0 aromatic heterocycles. The summed E-state index contributed by atoms with van der Waals surface area (Å²) in [7, 11) is 0. The van der Waals surface area contributed by atoms with Crippen LogP contribution >= 0.6 is 0 Å². The number of carbonyl (C=O) groups is 4. The number of carboxylic acid groups (broad SMARTS) is 2. The van der Waals surface area contributed by atoms with Crippen LogP contribution in [0.15, 0.2) is 0 Å². The van der Waals surface area contributed by atoms with Gasteiger partial charge in [-0.3, -0.25) is 19.2 Å². The Kier molecular flexibility index (Phi) is 23.2. The van der Waals surface area contributed by atoms with E-state index in [4.69, 9.17) is 21.7 Å². The topological polar surface area (TPSA) is 161 Å². The lowest BCUT2D eigenvalue weighted by Gasteiger charge is -2.00. The second-order valence-electron chi connectivity index (χ2n) is 7.67. The maximum atomic E-state index is 10.4. The molecule has 0 bridgehead atoms. The molecule has 0 aromatic rings. The van der Waals surface area contributed by atoms with Gasteiger partial charge in [0.2, 0.25) is 11.8 Å². The van der Waals surface area contributed by atoms with Gasteiger partial charge < -0.3 is 21.7 Å². The van der Waals surface area contributed by atoms with Gasteiger partial charge in [-0.1, -0.05) is 64.2 Å². The van der Waals surface area contributed by atoms with Crippen LogP contribution in [0.1, 0.15) is 116 Å². The summed E-state index contributed by atoms with van der Waals surface area (Å²) >= 11 is 0. The summed E-state index contributed by atoms with van der Waals surface area (Å²) in [4.78, 5) is 41.2. The number of rotatable bonds is 20. The van der Waals surface area contributed by atoms with Crippen LogP contribution in [0.3, 0.4) is 0 Å². The lowest BCUT2D eigenvalue weighted by molar-refractivity contribution is -0.138. The molecular weight excluding hydrogens is 388 g/mol. The van der Waals surface area contributed by atoms with Gasteiger partial charge in [-0.2, -0.15) is 0 Å². The summed E-state index contributed by atoms with van der Waals surface area (Å²) in [6.07, 6.45) is 15.5. The average Bonchev–Trinajstić information content (AvgIpc) is 2.65. The molecule has 0 heterocycles. The number of carboxylic acids is 2. The molecule has 8 heteroatoms. The molecule has 0 aromatic carbocycles. The fourth-order valence-corrected chi connectivity index (χ4v) is 2.92. The Labute approximate surface area is 180 Å². The number of amides is 2. The van der Waals surface area contributed by atoms with Crippen LogP contribution in [-0.4, -0.2) is 34.0 Å². The SMILES string of the molecule is NC(=O)CCCCCCCCC(N)=O.O=C(O)CCCCCCCCCCC(=O)O. The van der Waals surface area contributed by atoms with Crippen LogP contribution in [-0.2, 0) is 19.2 Å². The maximum absolute atomic E-state index is 10.4. The molecule has 0 radical (unpaired) electrons. The molecule has 0 aliphatic rings. The van der Waals surface area contributed by atoms with Crippen molar-refractivity contribution in [2.24, 2.45) is 11.5 Å². The van der Waals surface area contributed by atoms with Gasteiger partial charge in [-0.05, 0) is 25.7 Å². The zero-order valence-electron chi connectivity index (χ0n) is 18.4. The van der Waals surface area contributed by atoms with Crippen LogP contribution < -0.4 is 11.5 Å². The van der Waals surface area contributed by atoms with Gasteiger partial charge in [0.1, 0.15) is 0 Å². The Bertz CT molecular complexity index is 427. The zero-order chi connectivity index (χ0) is 23.0. The third kappa shape index (κ3) is 33.5. The molecule has 0 fully saturated rings. The van der Waals surface area contributed by atoms with Crippen molar-refractivity contribution in [1.29, 1.82) is 0 Å². The van der Waals surface area contributed by atoms with Crippen molar-refractivity contribution in [2.45, 2.75) is 116 Å². The predicted molar refractivity (Wildman–Crippen MR) is 117 cm³/mol. The van der Waals surface area contributed by atoms with Gasteiger partial charge in [-0.25, -0.2) is 0 Å². The molecule has 0 aliphatic heterocycles. The van der Waals surface area contributed by atoms with Crippen molar-refractivity contribution in [2.75, 3.05) is 0 Å². The van der Waals surface area contributed by atoms with E-state index in [1.54, 1.807) is 0 Å². The molecule has 176 valence electrons. The molecule has 30 heavy (non-hydrogen) atoms. The minimum atomic E-state index is -0.714. The Morgan fingerprint density at radius 3 is 0.800 bits per heavy atom. The average molecular weight is 431 g/mol. The number of unbranched alkanes of at least 4 members (excludes halogenated alkanes) is 12. The number of primary amides is 2. The van der Waals surface area contributed by atoms with Crippen molar-refractivity contribution in [3.63, 3.8) is 0 Å². The van der Waals surface area contributed by atoms with E-state index in [2.05, 4.69) is 0 Å². The minimum Gasteiger partial charge on any atom is -0.481 e. The molecule has 2 amide bonds. The highest BCUT2D eigenvalue weighted by atomic mass is 16.4. The number of hydrogen-bond donors (Lipinski definition) is 4. The van der Waals surface area contributed by atoms with Crippen LogP contribution in [0, 0.1) is 0 Å².